The molecule has 0 spiro atoms. The molecule has 0 aromatic heterocycles. The zero-order valence-corrected chi connectivity index (χ0v) is 13.1. The van der Waals surface area contributed by atoms with E-state index in [0.29, 0.717) is 12.3 Å². The Morgan fingerprint density at radius 3 is 2.40 bits per heavy atom. The molecule has 2 rings (SSSR count). The van der Waals surface area contributed by atoms with Crippen LogP contribution in [0.25, 0.3) is 0 Å². The molecule has 0 aliphatic rings. The Labute approximate surface area is 130 Å². The van der Waals surface area contributed by atoms with E-state index in [9.17, 15) is 8.78 Å². The van der Waals surface area contributed by atoms with Crippen molar-refractivity contribution in [3.63, 3.8) is 0 Å². The standard InChI is InChI=1S/C16H14BrClF2/c17-16-9-15(20)5-4-13(16)7-12(10-18)6-11-2-1-3-14(19)8-11/h1-5,8-9,12H,6-7,10H2. The van der Waals surface area contributed by atoms with Gasteiger partial charge in [0.15, 0.2) is 0 Å². The quantitative estimate of drug-likeness (QED) is 0.630. The van der Waals surface area contributed by atoms with Crippen molar-refractivity contribution in [2.24, 2.45) is 5.92 Å². The van der Waals surface area contributed by atoms with E-state index in [1.54, 1.807) is 12.1 Å². The normalized spacial score (nSPS) is 12.4. The Morgan fingerprint density at radius 1 is 1.00 bits per heavy atom. The fourth-order valence-electron chi connectivity index (χ4n) is 2.18. The van der Waals surface area contributed by atoms with Gasteiger partial charge in [-0.05, 0) is 54.2 Å². The summed E-state index contributed by atoms with van der Waals surface area (Å²) in [6.45, 7) is 0. The molecule has 106 valence electrons. The highest BCUT2D eigenvalue weighted by Crippen LogP contribution is 2.23. The summed E-state index contributed by atoms with van der Waals surface area (Å²) in [5.74, 6) is 0.146. The van der Waals surface area contributed by atoms with Crippen molar-refractivity contribution >= 4 is 27.5 Å². The van der Waals surface area contributed by atoms with Crippen molar-refractivity contribution in [2.75, 3.05) is 5.88 Å². The zero-order valence-electron chi connectivity index (χ0n) is 10.8. The van der Waals surface area contributed by atoms with E-state index in [4.69, 9.17) is 11.6 Å². The van der Waals surface area contributed by atoms with Gasteiger partial charge in [-0.15, -0.1) is 11.6 Å². The molecule has 0 heterocycles. The lowest BCUT2D eigenvalue weighted by Gasteiger charge is -2.15. The van der Waals surface area contributed by atoms with Gasteiger partial charge in [0.2, 0.25) is 0 Å². The van der Waals surface area contributed by atoms with E-state index < -0.39 is 0 Å². The van der Waals surface area contributed by atoms with Crippen molar-refractivity contribution in [2.45, 2.75) is 12.8 Å². The first-order valence-corrected chi connectivity index (χ1v) is 7.65. The van der Waals surface area contributed by atoms with Gasteiger partial charge in [0.05, 0.1) is 0 Å². The lowest BCUT2D eigenvalue weighted by atomic mass is 9.94. The summed E-state index contributed by atoms with van der Waals surface area (Å²) in [5.41, 5.74) is 1.93. The van der Waals surface area contributed by atoms with Crippen LogP contribution in [0.4, 0.5) is 8.78 Å². The summed E-state index contributed by atoms with van der Waals surface area (Å²) in [7, 11) is 0. The van der Waals surface area contributed by atoms with Crippen LogP contribution in [-0.4, -0.2) is 5.88 Å². The van der Waals surface area contributed by atoms with Crippen LogP contribution in [0, 0.1) is 17.6 Å². The fourth-order valence-corrected chi connectivity index (χ4v) is 2.91. The average Bonchev–Trinajstić information content (AvgIpc) is 2.41. The van der Waals surface area contributed by atoms with Gasteiger partial charge in [0.1, 0.15) is 11.6 Å². The van der Waals surface area contributed by atoms with Crippen molar-refractivity contribution in [1.29, 1.82) is 0 Å². The number of hydrogen-bond acceptors (Lipinski definition) is 0. The van der Waals surface area contributed by atoms with E-state index >= 15 is 0 Å². The molecule has 2 aromatic carbocycles. The van der Waals surface area contributed by atoms with Gasteiger partial charge in [0.25, 0.3) is 0 Å². The summed E-state index contributed by atoms with van der Waals surface area (Å²) in [6.07, 6.45) is 1.42. The lowest BCUT2D eigenvalue weighted by Crippen LogP contribution is -2.11. The van der Waals surface area contributed by atoms with Crippen molar-refractivity contribution in [1.82, 2.24) is 0 Å². The van der Waals surface area contributed by atoms with Gasteiger partial charge in [-0.25, -0.2) is 8.78 Å². The molecule has 0 nitrogen and oxygen atoms in total. The molecule has 0 amide bonds. The second kappa shape index (κ2) is 7.19. The number of rotatable bonds is 5. The maximum Gasteiger partial charge on any atom is 0.124 e. The highest BCUT2D eigenvalue weighted by Gasteiger charge is 2.12. The minimum absolute atomic E-state index is 0.181. The maximum atomic E-state index is 13.2. The molecule has 2 aromatic rings. The molecule has 0 saturated carbocycles. The second-order valence-electron chi connectivity index (χ2n) is 4.79. The first-order valence-electron chi connectivity index (χ1n) is 6.33. The zero-order chi connectivity index (χ0) is 14.5. The van der Waals surface area contributed by atoms with Crippen molar-refractivity contribution < 1.29 is 8.78 Å². The fraction of sp³-hybridized carbons (Fsp3) is 0.250. The number of alkyl halides is 1. The molecular formula is C16H14BrClF2. The predicted octanol–water partition coefficient (Wildman–Crippen LogP) is 5.37. The van der Waals surface area contributed by atoms with Crippen LogP contribution >= 0.6 is 27.5 Å². The lowest BCUT2D eigenvalue weighted by molar-refractivity contribution is 0.573. The topological polar surface area (TPSA) is 0 Å². The molecule has 1 unspecified atom stereocenters. The molecule has 0 saturated heterocycles. The minimum atomic E-state index is -0.270. The average molecular weight is 360 g/mol. The highest BCUT2D eigenvalue weighted by molar-refractivity contribution is 9.10. The van der Waals surface area contributed by atoms with Crippen molar-refractivity contribution in [3.8, 4) is 0 Å². The smallest absolute Gasteiger partial charge is 0.124 e. The molecule has 0 aliphatic carbocycles. The predicted molar refractivity (Wildman–Crippen MR) is 82.1 cm³/mol. The number of hydrogen-bond donors (Lipinski definition) is 0. The summed E-state index contributed by atoms with van der Waals surface area (Å²) < 4.78 is 27.0. The summed E-state index contributed by atoms with van der Waals surface area (Å²) in [5, 5.41) is 0. The Kier molecular flexibility index (Phi) is 5.55. The van der Waals surface area contributed by atoms with Crippen LogP contribution in [-0.2, 0) is 12.8 Å². The van der Waals surface area contributed by atoms with Crippen molar-refractivity contribution in [3.05, 3.63) is 69.7 Å². The molecule has 20 heavy (non-hydrogen) atoms. The summed E-state index contributed by atoms with van der Waals surface area (Å²) >= 11 is 9.37. The summed E-state index contributed by atoms with van der Waals surface area (Å²) in [4.78, 5) is 0. The van der Waals surface area contributed by atoms with Crippen LogP contribution in [0.5, 0.6) is 0 Å². The Morgan fingerprint density at radius 2 is 1.75 bits per heavy atom. The van der Waals surface area contributed by atoms with Crippen LogP contribution in [0.15, 0.2) is 46.9 Å². The number of halogens is 4. The van der Waals surface area contributed by atoms with Crippen LogP contribution in [0.2, 0.25) is 0 Å². The van der Waals surface area contributed by atoms with E-state index in [-0.39, 0.29) is 17.6 Å². The van der Waals surface area contributed by atoms with Crippen LogP contribution in [0.3, 0.4) is 0 Å². The van der Waals surface area contributed by atoms with Gasteiger partial charge in [-0.1, -0.05) is 34.1 Å². The minimum Gasteiger partial charge on any atom is -0.207 e. The molecule has 4 heteroatoms. The highest BCUT2D eigenvalue weighted by atomic mass is 79.9. The van der Waals surface area contributed by atoms with E-state index in [1.807, 2.05) is 6.07 Å². The first kappa shape index (κ1) is 15.5. The maximum absolute atomic E-state index is 13.2. The Bertz CT molecular complexity index is 586. The molecule has 0 N–H and O–H groups in total. The Balaban J connectivity index is 2.09. The van der Waals surface area contributed by atoms with E-state index in [2.05, 4.69) is 15.9 Å². The van der Waals surface area contributed by atoms with Crippen LogP contribution < -0.4 is 0 Å². The molecule has 0 bridgehead atoms. The van der Waals surface area contributed by atoms with Gasteiger partial charge >= 0.3 is 0 Å². The van der Waals surface area contributed by atoms with Gasteiger partial charge in [0, 0.05) is 10.4 Å². The van der Waals surface area contributed by atoms with E-state index in [0.717, 1.165) is 22.0 Å². The summed E-state index contributed by atoms with van der Waals surface area (Å²) in [6, 6.07) is 11.2. The third-order valence-electron chi connectivity index (χ3n) is 3.16. The molecule has 0 aliphatic heterocycles. The SMILES string of the molecule is Fc1cccc(CC(CCl)Cc2ccc(F)cc2Br)c1. The van der Waals surface area contributed by atoms with Gasteiger partial charge in [-0.2, -0.15) is 0 Å². The molecule has 0 radical (unpaired) electrons. The Hall–Kier alpha value is -0.930. The third kappa shape index (κ3) is 4.29. The largest absolute Gasteiger partial charge is 0.207 e. The van der Waals surface area contributed by atoms with Gasteiger partial charge < -0.3 is 0 Å². The third-order valence-corrected chi connectivity index (χ3v) is 4.33. The molecule has 1 atom stereocenters. The monoisotopic (exact) mass is 358 g/mol. The second-order valence-corrected chi connectivity index (χ2v) is 5.96. The number of benzene rings is 2. The van der Waals surface area contributed by atoms with Gasteiger partial charge in [-0.3, -0.25) is 0 Å². The first-order chi connectivity index (χ1) is 9.58. The van der Waals surface area contributed by atoms with Crippen LogP contribution in [0.1, 0.15) is 11.1 Å². The molecule has 0 fully saturated rings. The molecular weight excluding hydrogens is 346 g/mol. The van der Waals surface area contributed by atoms with E-state index in [1.165, 1.54) is 24.3 Å².